The number of aromatic nitrogens is 1. The Morgan fingerprint density at radius 2 is 2.06 bits per heavy atom. The molecule has 1 aliphatic rings. The van der Waals surface area contributed by atoms with Crippen LogP contribution in [0, 0.1) is 0 Å². The van der Waals surface area contributed by atoms with Crippen LogP contribution in [0.3, 0.4) is 0 Å². The first-order valence-electron chi connectivity index (χ1n) is 5.58. The van der Waals surface area contributed by atoms with E-state index in [9.17, 15) is 0 Å². The number of hydrogen-bond acceptors (Lipinski definition) is 4. The molecule has 2 aromatic rings. The fourth-order valence-corrected chi connectivity index (χ4v) is 2.95. The lowest BCUT2D eigenvalue weighted by Gasteiger charge is -2.35. The molecule has 0 atom stereocenters. The standard InChI is InChI=1S/C12H15N3S.2ClH/c1-15(9-6-13-7-9)8-12-14-10-4-2-3-5-11(10)16-12;;/h2-5,9,13H,6-8H2,1H3;2*1H. The Hall–Kier alpha value is -0.390. The number of rotatable bonds is 3. The summed E-state index contributed by atoms with van der Waals surface area (Å²) in [7, 11) is 2.18. The highest BCUT2D eigenvalue weighted by Crippen LogP contribution is 2.22. The van der Waals surface area contributed by atoms with E-state index in [-0.39, 0.29) is 24.8 Å². The van der Waals surface area contributed by atoms with Gasteiger partial charge in [0.15, 0.2) is 0 Å². The van der Waals surface area contributed by atoms with Gasteiger partial charge in [0.1, 0.15) is 5.01 Å². The minimum absolute atomic E-state index is 0. The van der Waals surface area contributed by atoms with Gasteiger partial charge in [-0.15, -0.1) is 36.2 Å². The molecule has 1 aromatic carbocycles. The van der Waals surface area contributed by atoms with Crippen molar-refractivity contribution in [2.75, 3.05) is 20.1 Å². The smallest absolute Gasteiger partial charge is 0.108 e. The number of nitrogens with one attached hydrogen (secondary N) is 1. The third-order valence-corrected chi connectivity index (χ3v) is 4.13. The number of nitrogens with zero attached hydrogens (tertiary/aromatic N) is 2. The van der Waals surface area contributed by atoms with Crippen LogP contribution in [0.15, 0.2) is 24.3 Å². The van der Waals surface area contributed by atoms with Crippen molar-refractivity contribution in [3.05, 3.63) is 29.3 Å². The van der Waals surface area contributed by atoms with Crippen molar-refractivity contribution in [2.24, 2.45) is 0 Å². The number of likely N-dealkylation sites (N-methyl/N-ethyl adjacent to an activating group) is 1. The molecule has 1 aliphatic heterocycles. The van der Waals surface area contributed by atoms with Crippen LogP contribution >= 0.6 is 36.2 Å². The second-order valence-electron chi connectivity index (χ2n) is 4.30. The second kappa shape index (κ2) is 6.68. The molecule has 1 aromatic heterocycles. The van der Waals surface area contributed by atoms with E-state index in [0.29, 0.717) is 6.04 Å². The van der Waals surface area contributed by atoms with Gasteiger partial charge in [0, 0.05) is 19.1 Å². The number of halogens is 2. The average molecular weight is 306 g/mol. The summed E-state index contributed by atoms with van der Waals surface area (Å²) in [6.45, 7) is 3.19. The molecule has 0 bridgehead atoms. The molecular formula is C12H17Cl2N3S. The minimum Gasteiger partial charge on any atom is -0.314 e. The van der Waals surface area contributed by atoms with Crippen LogP contribution in [0.4, 0.5) is 0 Å². The monoisotopic (exact) mass is 305 g/mol. The minimum atomic E-state index is 0. The SMILES string of the molecule is CN(Cc1nc2ccccc2s1)C1CNC1.Cl.Cl. The van der Waals surface area contributed by atoms with Crippen LogP contribution in [-0.2, 0) is 6.54 Å². The largest absolute Gasteiger partial charge is 0.314 e. The van der Waals surface area contributed by atoms with Gasteiger partial charge in [-0.25, -0.2) is 4.98 Å². The Morgan fingerprint density at radius 3 is 2.67 bits per heavy atom. The van der Waals surface area contributed by atoms with Gasteiger partial charge in [-0.2, -0.15) is 0 Å². The van der Waals surface area contributed by atoms with Crippen molar-refractivity contribution < 1.29 is 0 Å². The number of fused-ring (bicyclic) bond motifs is 1. The van der Waals surface area contributed by atoms with Crippen molar-refractivity contribution in [3.8, 4) is 0 Å². The highest BCUT2D eigenvalue weighted by Gasteiger charge is 2.22. The van der Waals surface area contributed by atoms with Crippen molar-refractivity contribution >= 4 is 46.4 Å². The molecule has 0 amide bonds. The summed E-state index contributed by atoms with van der Waals surface area (Å²) in [6.07, 6.45) is 0. The van der Waals surface area contributed by atoms with E-state index >= 15 is 0 Å². The maximum absolute atomic E-state index is 4.65. The molecular weight excluding hydrogens is 289 g/mol. The van der Waals surface area contributed by atoms with Crippen molar-refractivity contribution in [2.45, 2.75) is 12.6 Å². The van der Waals surface area contributed by atoms with Crippen LogP contribution in [-0.4, -0.2) is 36.1 Å². The lowest BCUT2D eigenvalue weighted by molar-refractivity contribution is 0.173. The molecule has 0 saturated carbocycles. The predicted molar refractivity (Wildman–Crippen MR) is 82.2 cm³/mol. The lowest BCUT2D eigenvalue weighted by Crippen LogP contribution is -2.55. The van der Waals surface area contributed by atoms with E-state index in [1.807, 2.05) is 6.07 Å². The van der Waals surface area contributed by atoms with Crippen molar-refractivity contribution in [1.82, 2.24) is 15.2 Å². The van der Waals surface area contributed by atoms with Gasteiger partial charge in [-0.05, 0) is 19.2 Å². The van der Waals surface area contributed by atoms with Crippen LogP contribution in [0.5, 0.6) is 0 Å². The van der Waals surface area contributed by atoms with E-state index in [4.69, 9.17) is 0 Å². The van der Waals surface area contributed by atoms with Gasteiger partial charge in [0.25, 0.3) is 0 Å². The summed E-state index contributed by atoms with van der Waals surface area (Å²) in [5.74, 6) is 0. The first kappa shape index (κ1) is 15.7. The molecule has 1 N–H and O–H groups in total. The van der Waals surface area contributed by atoms with E-state index in [2.05, 4.69) is 40.4 Å². The zero-order valence-corrected chi connectivity index (χ0v) is 12.6. The summed E-state index contributed by atoms with van der Waals surface area (Å²) in [6, 6.07) is 9.03. The number of thiazole rings is 1. The van der Waals surface area contributed by atoms with Crippen molar-refractivity contribution in [3.63, 3.8) is 0 Å². The van der Waals surface area contributed by atoms with Gasteiger partial charge >= 0.3 is 0 Å². The third-order valence-electron chi connectivity index (χ3n) is 3.11. The molecule has 3 nitrogen and oxygen atoms in total. The summed E-state index contributed by atoms with van der Waals surface area (Å²) >= 11 is 1.80. The van der Waals surface area contributed by atoms with Gasteiger partial charge < -0.3 is 5.32 Å². The summed E-state index contributed by atoms with van der Waals surface area (Å²) in [4.78, 5) is 7.03. The summed E-state index contributed by atoms with van der Waals surface area (Å²) in [5.41, 5.74) is 1.13. The van der Waals surface area contributed by atoms with E-state index in [0.717, 1.165) is 25.2 Å². The highest BCUT2D eigenvalue weighted by atomic mass is 35.5. The Labute approximate surface area is 123 Å². The predicted octanol–water partition coefficient (Wildman–Crippen LogP) is 2.54. The summed E-state index contributed by atoms with van der Waals surface area (Å²) < 4.78 is 1.29. The Kier molecular flexibility index (Phi) is 5.82. The molecule has 6 heteroatoms. The second-order valence-corrected chi connectivity index (χ2v) is 5.42. The van der Waals surface area contributed by atoms with E-state index in [1.165, 1.54) is 9.71 Å². The molecule has 0 aliphatic carbocycles. The van der Waals surface area contributed by atoms with Crippen molar-refractivity contribution in [1.29, 1.82) is 0 Å². The molecule has 0 unspecified atom stereocenters. The van der Waals surface area contributed by atoms with Crippen LogP contribution < -0.4 is 5.32 Å². The number of para-hydroxylation sites is 1. The van der Waals surface area contributed by atoms with Gasteiger partial charge in [0.05, 0.1) is 16.8 Å². The zero-order valence-electron chi connectivity index (χ0n) is 10.1. The summed E-state index contributed by atoms with van der Waals surface area (Å²) in [5, 5.41) is 4.51. The third kappa shape index (κ3) is 3.13. The Bertz CT molecular complexity index is 466. The van der Waals surface area contributed by atoms with Gasteiger partial charge in [0.2, 0.25) is 0 Å². The first-order chi connectivity index (χ1) is 7.83. The molecule has 1 saturated heterocycles. The Morgan fingerprint density at radius 1 is 1.33 bits per heavy atom. The van der Waals surface area contributed by atoms with Crippen LogP contribution in [0.2, 0.25) is 0 Å². The number of benzene rings is 1. The topological polar surface area (TPSA) is 28.2 Å². The molecule has 0 spiro atoms. The number of hydrogen-bond donors (Lipinski definition) is 1. The van der Waals surface area contributed by atoms with Gasteiger partial charge in [-0.3, -0.25) is 4.90 Å². The van der Waals surface area contributed by atoms with E-state index < -0.39 is 0 Å². The fraction of sp³-hybridized carbons (Fsp3) is 0.417. The van der Waals surface area contributed by atoms with Gasteiger partial charge in [-0.1, -0.05) is 12.1 Å². The molecule has 18 heavy (non-hydrogen) atoms. The highest BCUT2D eigenvalue weighted by molar-refractivity contribution is 7.18. The van der Waals surface area contributed by atoms with Crippen LogP contribution in [0.1, 0.15) is 5.01 Å². The molecule has 1 fully saturated rings. The Balaban J connectivity index is 0.000000810. The average Bonchev–Trinajstić information content (AvgIpc) is 2.56. The van der Waals surface area contributed by atoms with Crippen LogP contribution in [0.25, 0.3) is 10.2 Å². The molecule has 3 rings (SSSR count). The maximum Gasteiger partial charge on any atom is 0.108 e. The fourth-order valence-electron chi connectivity index (χ4n) is 1.92. The normalized spacial score (nSPS) is 15.0. The zero-order chi connectivity index (χ0) is 11.0. The lowest BCUT2D eigenvalue weighted by atomic mass is 10.1. The molecule has 2 heterocycles. The molecule has 0 radical (unpaired) electrons. The quantitative estimate of drug-likeness (QED) is 0.944. The maximum atomic E-state index is 4.65. The first-order valence-corrected chi connectivity index (χ1v) is 6.40. The molecule has 100 valence electrons. The van der Waals surface area contributed by atoms with E-state index in [1.54, 1.807) is 11.3 Å².